The van der Waals surface area contributed by atoms with Crippen LogP contribution in [0, 0.1) is 0 Å². The first-order valence-electron chi connectivity index (χ1n) is 4.26. The van der Waals surface area contributed by atoms with Gasteiger partial charge in [0, 0.05) is 0 Å². The van der Waals surface area contributed by atoms with Crippen LogP contribution in [0.5, 0.6) is 0 Å². The zero-order chi connectivity index (χ0) is 11.5. The van der Waals surface area contributed by atoms with Crippen LogP contribution < -0.4 is 0 Å². The van der Waals surface area contributed by atoms with Crippen molar-refractivity contribution in [3.63, 3.8) is 0 Å². The fraction of sp³-hybridized carbons (Fsp3) is 0.182. The maximum absolute atomic E-state index is 12.5. The Hall–Kier alpha value is -1.58. The molecule has 0 unspecified atom stereocenters. The first-order valence-corrected chi connectivity index (χ1v) is 4.26. The summed E-state index contributed by atoms with van der Waals surface area (Å²) in [5.41, 5.74) is -0.907. The molecule has 1 aromatic rings. The molecule has 0 radical (unpaired) electrons. The molecule has 0 aliphatic carbocycles. The number of hydrogen-bond acceptors (Lipinski definition) is 1. The standard InChI is InChI=1S/C11H9F3O/c1-8(15)7-10(11(12,13)14)9-5-3-2-4-6-9/h2-7H,1H3. The lowest BCUT2D eigenvalue weighted by Crippen LogP contribution is -2.11. The van der Waals surface area contributed by atoms with E-state index in [9.17, 15) is 18.0 Å². The molecule has 15 heavy (non-hydrogen) atoms. The van der Waals surface area contributed by atoms with E-state index in [4.69, 9.17) is 0 Å². The van der Waals surface area contributed by atoms with Crippen LogP contribution >= 0.6 is 0 Å². The van der Waals surface area contributed by atoms with Crippen molar-refractivity contribution in [3.05, 3.63) is 42.0 Å². The lowest BCUT2D eigenvalue weighted by molar-refractivity contribution is -0.113. The zero-order valence-electron chi connectivity index (χ0n) is 8.01. The number of benzene rings is 1. The minimum Gasteiger partial charge on any atom is -0.295 e. The molecule has 0 amide bonds. The first-order chi connectivity index (χ1) is 6.91. The van der Waals surface area contributed by atoms with Gasteiger partial charge < -0.3 is 0 Å². The van der Waals surface area contributed by atoms with Gasteiger partial charge in [-0.05, 0) is 18.6 Å². The maximum Gasteiger partial charge on any atom is 0.417 e. The van der Waals surface area contributed by atoms with E-state index in [1.807, 2.05) is 0 Å². The Morgan fingerprint density at radius 1 is 1.20 bits per heavy atom. The van der Waals surface area contributed by atoms with Crippen LogP contribution in [0.15, 0.2) is 36.4 Å². The normalized spacial score (nSPS) is 12.7. The maximum atomic E-state index is 12.5. The monoisotopic (exact) mass is 214 g/mol. The van der Waals surface area contributed by atoms with E-state index >= 15 is 0 Å². The Bertz CT molecular complexity index is 377. The SMILES string of the molecule is CC(=O)C=C(c1ccccc1)C(F)(F)F. The Balaban J connectivity index is 3.20. The minimum absolute atomic E-state index is 0.000185. The highest BCUT2D eigenvalue weighted by molar-refractivity contribution is 5.96. The van der Waals surface area contributed by atoms with Crippen molar-refractivity contribution in [3.8, 4) is 0 Å². The average Bonchev–Trinajstić information content (AvgIpc) is 2.14. The van der Waals surface area contributed by atoms with E-state index in [-0.39, 0.29) is 5.56 Å². The molecule has 80 valence electrons. The van der Waals surface area contributed by atoms with Gasteiger partial charge in [-0.2, -0.15) is 13.2 Å². The predicted molar refractivity (Wildman–Crippen MR) is 51.2 cm³/mol. The van der Waals surface area contributed by atoms with Crippen LogP contribution in [0.1, 0.15) is 12.5 Å². The highest BCUT2D eigenvalue weighted by atomic mass is 19.4. The van der Waals surface area contributed by atoms with Crippen molar-refractivity contribution < 1.29 is 18.0 Å². The third kappa shape index (κ3) is 3.23. The van der Waals surface area contributed by atoms with Crippen LogP contribution in [0.2, 0.25) is 0 Å². The van der Waals surface area contributed by atoms with Crippen molar-refractivity contribution in [2.75, 3.05) is 0 Å². The summed E-state index contributed by atoms with van der Waals surface area (Å²) in [5.74, 6) is -0.619. The molecule has 1 nitrogen and oxygen atoms in total. The van der Waals surface area contributed by atoms with E-state index < -0.39 is 17.5 Å². The van der Waals surface area contributed by atoms with Gasteiger partial charge in [0.1, 0.15) is 0 Å². The summed E-state index contributed by atoms with van der Waals surface area (Å²) < 4.78 is 37.6. The topological polar surface area (TPSA) is 17.1 Å². The molecular weight excluding hydrogens is 205 g/mol. The number of ketones is 1. The van der Waals surface area contributed by atoms with Gasteiger partial charge in [0.2, 0.25) is 0 Å². The van der Waals surface area contributed by atoms with Gasteiger partial charge in [-0.3, -0.25) is 4.79 Å². The molecule has 4 heteroatoms. The van der Waals surface area contributed by atoms with Gasteiger partial charge in [-0.25, -0.2) is 0 Å². The third-order valence-electron chi connectivity index (χ3n) is 1.74. The van der Waals surface area contributed by atoms with E-state index in [1.165, 1.54) is 24.3 Å². The largest absolute Gasteiger partial charge is 0.417 e. The summed E-state index contributed by atoms with van der Waals surface area (Å²) in [6.45, 7) is 1.09. The van der Waals surface area contributed by atoms with E-state index in [0.29, 0.717) is 6.08 Å². The predicted octanol–water partition coefficient (Wildman–Crippen LogP) is 3.22. The Labute approximate surface area is 85.2 Å². The van der Waals surface area contributed by atoms with Crippen LogP contribution in [0.4, 0.5) is 13.2 Å². The summed E-state index contributed by atoms with van der Waals surface area (Å²) in [6, 6.07) is 7.25. The summed E-state index contributed by atoms with van der Waals surface area (Å²) in [5, 5.41) is 0. The number of alkyl halides is 3. The summed E-state index contributed by atoms with van der Waals surface area (Å²) in [6.07, 6.45) is -3.90. The number of halogens is 3. The van der Waals surface area contributed by atoms with Crippen LogP contribution in [-0.2, 0) is 4.79 Å². The lowest BCUT2D eigenvalue weighted by Gasteiger charge is -2.11. The quantitative estimate of drug-likeness (QED) is 0.691. The van der Waals surface area contributed by atoms with Gasteiger partial charge in [-0.15, -0.1) is 0 Å². The third-order valence-corrected chi connectivity index (χ3v) is 1.74. The van der Waals surface area contributed by atoms with Crippen LogP contribution in [-0.4, -0.2) is 12.0 Å². The number of rotatable bonds is 2. The van der Waals surface area contributed by atoms with E-state index in [0.717, 1.165) is 6.92 Å². The molecule has 0 aliphatic rings. The molecule has 1 rings (SSSR count). The molecule has 0 saturated carbocycles. The molecule has 0 aliphatic heterocycles. The number of carbonyl (C=O) groups excluding carboxylic acids is 1. The van der Waals surface area contributed by atoms with E-state index in [1.54, 1.807) is 6.07 Å². The highest BCUT2D eigenvalue weighted by Gasteiger charge is 2.34. The van der Waals surface area contributed by atoms with Gasteiger partial charge in [0.25, 0.3) is 0 Å². The van der Waals surface area contributed by atoms with Crippen molar-refractivity contribution in [1.82, 2.24) is 0 Å². The van der Waals surface area contributed by atoms with Crippen molar-refractivity contribution >= 4 is 11.4 Å². The Morgan fingerprint density at radius 3 is 2.13 bits per heavy atom. The molecule has 1 aromatic carbocycles. The van der Waals surface area contributed by atoms with Crippen molar-refractivity contribution in [2.45, 2.75) is 13.1 Å². The van der Waals surface area contributed by atoms with Gasteiger partial charge in [-0.1, -0.05) is 30.3 Å². The van der Waals surface area contributed by atoms with Gasteiger partial charge >= 0.3 is 6.18 Å². The van der Waals surface area contributed by atoms with Crippen LogP contribution in [0.25, 0.3) is 5.57 Å². The fourth-order valence-corrected chi connectivity index (χ4v) is 1.15. The summed E-state index contributed by atoms with van der Waals surface area (Å²) in [4.78, 5) is 10.7. The second-order valence-corrected chi connectivity index (χ2v) is 3.03. The Kier molecular flexibility index (Phi) is 3.29. The molecule has 0 atom stereocenters. The molecule has 0 aromatic heterocycles. The van der Waals surface area contributed by atoms with Gasteiger partial charge in [0.05, 0.1) is 5.57 Å². The van der Waals surface area contributed by atoms with Crippen LogP contribution in [0.3, 0.4) is 0 Å². The van der Waals surface area contributed by atoms with Crippen molar-refractivity contribution in [2.24, 2.45) is 0 Å². The first kappa shape index (κ1) is 11.5. The zero-order valence-corrected chi connectivity index (χ0v) is 8.01. The summed E-state index contributed by atoms with van der Waals surface area (Å²) >= 11 is 0. The fourth-order valence-electron chi connectivity index (χ4n) is 1.15. The molecule has 0 bridgehead atoms. The molecule has 0 N–H and O–H groups in total. The molecule has 0 heterocycles. The molecule has 0 saturated heterocycles. The number of hydrogen-bond donors (Lipinski definition) is 0. The smallest absolute Gasteiger partial charge is 0.295 e. The molecular formula is C11H9F3O. The molecule has 0 fully saturated rings. The summed E-state index contributed by atoms with van der Waals surface area (Å²) in [7, 11) is 0. The van der Waals surface area contributed by atoms with Crippen molar-refractivity contribution in [1.29, 1.82) is 0 Å². The second kappa shape index (κ2) is 4.29. The average molecular weight is 214 g/mol. The minimum atomic E-state index is -4.51. The molecule has 0 spiro atoms. The number of carbonyl (C=O) groups is 1. The Morgan fingerprint density at radius 2 is 1.73 bits per heavy atom. The van der Waals surface area contributed by atoms with E-state index in [2.05, 4.69) is 0 Å². The second-order valence-electron chi connectivity index (χ2n) is 3.03. The lowest BCUT2D eigenvalue weighted by atomic mass is 10.0. The van der Waals surface area contributed by atoms with Gasteiger partial charge in [0.15, 0.2) is 5.78 Å². The highest BCUT2D eigenvalue weighted by Crippen LogP contribution is 2.33. The number of allylic oxidation sites excluding steroid dienone is 2.